The lowest BCUT2D eigenvalue weighted by Crippen LogP contribution is -2.30. The zero-order valence-corrected chi connectivity index (χ0v) is 54.1. The van der Waals surface area contributed by atoms with Crippen molar-refractivity contribution in [1.82, 2.24) is 0 Å². The highest BCUT2D eigenvalue weighted by Crippen LogP contribution is 2.18. The third kappa shape index (κ3) is 67.5. The molecule has 0 rings (SSSR count). The third-order valence-corrected chi connectivity index (χ3v) is 15.7. The van der Waals surface area contributed by atoms with Crippen molar-refractivity contribution >= 4 is 17.9 Å². The molecule has 1 atom stereocenters. The van der Waals surface area contributed by atoms with Gasteiger partial charge in [-0.2, -0.15) is 0 Å². The molecule has 0 saturated heterocycles. The van der Waals surface area contributed by atoms with Gasteiger partial charge in [0.05, 0.1) is 0 Å². The smallest absolute Gasteiger partial charge is 0.306 e. The number of unbranched alkanes of at least 4 members (excludes halogenated alkanes) is 42. The summed E-state index contributed by atoms with van der Waals surface area (Å²) >= 11 is 0. The van der Waals surface area contributed by atoms with Crippen molar-refractivity contribution in [2.24, 2.45) is 0 Å². The van der Waals surface area contributed by atoms with E-state index in [0.29, 0.717) is 19.3 Å². The van der Waals surface area contributed by atoms with Gasteiger partial charge in [-0.05, 0) is 89.9 Å². The predicted octanol–water partition coefficient (Wildman–Crippen LogP) is 24.4. The van der Waals surface area contributed by atoms with Crippen molar-refractivity contribution in [3.05, 3.63) is 72.9 Å². The number of ether oxygens (including phenoxy) is 3. The molecular formula is C75H134O6. The number of rotatable bonds is 65. The van der Waals surface area contributed by atoms with Gasteiger partial charge in [0.2, 0.25) is 0 Å². The lowest BCUT2D eigenvalue weighted by Gasteiger charge is -2.18. The average molecular weight is 1130 g/mol. The number of allylic oxidation sites excluding steroid dienone is 12. The van der Waals surface area contributed by atoms with E-state index in [1.807, 2.05) is 0 Å². The first-order valence-corrected chi connectivity index (χ1v) is 35.4. The molecule has 470 valence electrons. The molecule has 0 bridgehead atoms. The van der Waals surface area contributed by atoms with E-state index in [0.717, 1.165) is 103 Å². The highest BCUT2D eigenvalue weighted by molar-refractivity contribution is 5.71. The number of esters is 3. The fraction of sp³-hybridized carbons (Fsp3) is 0.800. The first kappa shape index (κ1) is 77.9. The van der Waals surface area contributed by atoms with Crippen LogP contribution in [-0.2, 0) is 28.6 Å². The first-order valence-electron chi connectivity index (χ1n) is 35.4. The summed E-state index contributed by atoms with van der Waals surface area (Å²) < 4.78 is 17.0. The van der Waals surface area contributed by atoms with Crippen molar-refractivity contribution in [1.29, 1.82) is 0 Å². The molecule has 0 spiro atoms. The molecule has 0 saturated carbocycles. The van der Waals surface area contributed by atoms with Gasteiger partial charge in [-0.25, -0.2) is 0 Å². The standard InChI is InChI=1S/C75H134O6/c1-4-7-10-13-16-19-22-25-28-31-34-35-36-37-38-39-42-44-47-50-53-56-59-62-65-68-74(77)80-71-72(81-75(78)69-66-63-60-57-54-51-48-45-41-33-30-27-24-21-18-15-12-9-6-3)70-79-73(76)67-64-61-58-55-52-49-46-43-40-32-29-26-23-20-17-14-11-8-5-2/h9,12,18,21-22,25,27,30-31,34,41,45,72H,4-8,10-11,13-17,19-20,23-24,26,28-29,32-33,35-40,42-44,46-71H2,1-3H3/b12-9-,21-18-,25-22-,30-27-,34-31-,45-41-. The van der Waals surface area contributed by atoms with Gasteiger partial charge < -0.3 is 14.2 Å². The quantitative estimate of drug-likeness (QED) is 0.0261. The molecule has 0 aromatic rings. The van der Waals surface area contributed by atoms with Crippen molar-refractivity contribution in [2.45, 2.75) is 374 Å². The molecule has 0 heterocycles. The number of carbonyl (C=O) groups excluding carboxylic acids is 3. The second-order valence-electron chi connectivity index (χ2n) is 23.8. The van der Waals surface area contributed by atoms with Crippen LogP contribution in [0.5, 0.6) is 0 Å². The zero-order valence-electron chi connectivity index (χ0n) is 54.1. The van der Waals surface area contributed by atoms with Gasteiger partial charge in [0.15, 0.2) is 6.10 Å². The maximum Gasteiger partial charge on any atom is 0.306 e. The third-order valence-electron chi connectivity index (χ3n) is 15.7. The number of carbonyl (C=O) groups is 3. The minimum absolute atomic E-state index is 0.0775. The number of hydrogen-bond acceptors (Lipinski definition) is 6. The normalized spacial score (nSPS) is 12.5. The monoisotopic (exact) mass is 1130 g/mol. The Bertz CT molecular complexity index is 1490. The summed E-state index contributed by atoms with van der Waals surface area (Å²) in [5.74, 6) is -0.869. The fourth-order valence-corrected chi connectivity index (χ4v) is 10.4. The summed E-state index contributed by atoms with van der Waals surface area (Å²) in [4.78, 5) is 38.5. The van der Waals surface area contributed by atoms with E-state index in [1.54, 1.807) is 0 Å². The SMILES string of the molecule is CC/C=C\C/C=C\C/C=C\C/C=C\CCCCCCCCC(=O)OC(COC(=O)CCCCCCCCCCCCCCC/C=C\C/C=C\CCCCCCC)COC(=O)CCCCCCCCCCCCCCCCCCCCC. The van der Waals surface area contributed by atoms with Crippen LogP contribution in [0.25, 0.3) is 0 Å². The summed E-state index contributed by atoms with van der Waals surface area (Å²) in [6.07, 6.45) is 90.6. The molecule has 6 nitrogen and oxygen atoms in total. The van der Waals surface area contributed by atoms with E-state index in [-0.39, 0.29) is 31.1 Å². The maximum atomic E-state index is 13.0. The van der Waals surface area contributed by atoms with Gasteiger partial charge in [0.25, 0.3) is 0 Å². The predicted molar refractivity (Wildman–Crippen MR) is 353 cm³/mol. The molecule has 0 radical (unpaired) electrons. The lowest BCUT2D eigenvalue weighted by molar-refractivity contribution is -0.167. The summed E-state index contributed by atoms with van der Waals surface area (Å²) in [5.41, 5.74) is 0. The van der Waals surface area contributed by atoms with E-state index in [9.17, 15) is 14.4 Å². The molecule has 0 aliphatic heterocycles. The Labute approximate surface area is 503 Å². The second-order valence-corrected chi connectivity index (χ2v) is 23.8. The summed E-state index contributed by atoms with van der Waals surface area (Å²) in [6, 6.07) is 0. The largest absolute Gasteiger partial charge is 0.462 e. The molecule has 0 aromatic carbocycles. The number of hydrogen-bond donors (Lipinski definition) is 0. The van der Waals surface area contributed by atoms with Crippen molar-refractivity contribution < 1.29 is 28.6 Å². The van der Waals surface area contributed by atoms with E-state index >= 15 is 0 Å². The topological polar surface area (TPSA) is 78.9 Å². The molecular weight excluding hydrogens is 997 g/mol. The van der Waals surface area contributed by atoms with Crippen LogP contribution in [0, 0.1) is 0 Å². The summed E-state index contributed by atoms with van der Waals surface area (Å²) in [6.45, 7) is 6.57. The van der Waals surface area contributed by atoms with E-state index in [2.05, 4.69) is 93.7 Å². The molecule has 1 unspecified atom stereocenters. The van der Waals surface area contributed by atoms with Crippen LogP contribution in [-0.4, -0.2) is 37.2 Å². The summed E-state index contributed by atoms with van der Waals surface area (Å²) in [5, 5.41) is 0. The Morgan fingerprint density at radius 1 is 0.259 bits per heavy atom. The first-order chi connectivity index (χ1) is 40.0. The Morgan fingerprint density at radius 3 is 0.753 bits per heavy atom. The lowest BCUT2D eigenvalue weighted by atomic mass is 10.0. The Kier molecular flexibility index (Phi) is 66.6. The zero-order chi connectivity index (χ0) is 58.5. The highest BCUT2D eigenvalue weighted by Gasteiger charge is 2.19. The Hall–Kier alpha value is -3.15. The van der Waals surface area contributed by atoms with Gasteiger partial charge in [-0.1, -0.05) is 331 Å². The molecule has 6 heteroatoms. The van der Waals surface area contributed by atoms with Gasteiger partial charge in [-0.3, -0.25) is 14.4 Å². The van der Waals surface area contributed by atoms with Crippen LogP contribution in [0.3, 0.4) is 0 Å². The minimum atomic E-state index is -0.784. The van der Waals surface area contributed by atoms with Gasteiger partial charge >= 0.3 is 17.9 Å². The van der Waals surface area contributed by atoms with Crippen LogP contribution in [0.1, 0.15) is 367 Å². The second kappa shape index (κ2) is 69.3. The average Bonchev–Trinajstić information content (AvgIpc) is 3.47. The van der Waals surface area contributed by atoms with Crippen molar-refractivity contribution in [3.8, 4) is 0 Å². The van der Waals surface area contributed by atoms with Crippen LogP contribution < -0.4 is 0 Å². The minimum Gasteiger partial charge on any atom is -0.462 e. The van der Waals surface area contributed by atoms with Crippen LogP contribution in [0.15, 0.2) is 72.9 Å². The molecule has 0 fully saturated rings. The Morgan fingerprint density at radius 2 is 0.481 bits per heavy atom. The van der Waals surface area contributed by atoms with Gasteiger partial charge in [-0.15, -0.1) is 0 Å². The Balaban J connectivity index is 4.34. The highest BCUT2D eigenvalue weighted by atomic mass is 16.6. The van der Waals surface area contributed by atoms with Crippen LogP contribution in [0.4, 0.5) is 0 Å². The molecule has 0 aromatic heterocycles. The van der Waals surface area contributed by atoms with E-state index in [4.69, 9.17) is 14.2 Å². The van der Waals surface area contributed by atoms with Crippen LogP contribution in [0.2, 0.25) is 0 Å². The van der Waals surface area contributed by atoms with Gasteiger partial charge in [0, 0.05) is 19.3 Å². The molecule has 0 N–H and O–H groups in total. The molecule has 0 aliphatic carbocycles. The molecule has 0 aliphatic rings. The summed E-state index contributed by atoms with van der Waals surface area (Å²) in [7, 11) is 0. The van der Waals surface area contributed by atoms with Crippen molar-refractivity contribution in [3.63, 3.8) is 0 Å². The van der Waals surface area contributed by atoms with E-state index < -0.39 is 6.10 Å². The maximum absolute atomic E-state index is 13.0. The van der Waals surface area contributed by atoms with Crippen molar-refractivity contribution in [2.75, 3.05) is 13.2 Å². The van der Waals surface area contributed by atoms with Crippen LogP contribution >= 0.6 is 0 Å². The van der Waals surface area contributed by atoms with E-state index in [1.165, 1.54) is 225 Å². The van der Waals surface area contributed by atoms with Gasteiger partial charge in [0.1, 0.15) is 13.2 Å². The molecule has 0 amide bonds. The molecule has 81 heavy (non-hydrogen) atoms. The fourth-order valence-electron chi connectivity index (χ4n) is 10.4.